The van der Waals surface area contributed by atoms with E-state index in [0.29, 0.717) is 6.61 Å². The zero-order chi connectivity index (χ0) is 14.5. The van der Waals surface area contributed by atoms with Gasteiger partial charge in [0.05, 0.1) is 0 Å². The highest BCUT2D eigenvalue weighted by Crippen LogP contribution is 2.26. The SMILES string of the molecule is CNCc1cc(C)c(OCc2ccccc2Cl)c(C)c1. The molecule has 0 aromatic heterocycles. The Morgan fingerprint density at radius 1 is 1.10 bits per heavy atom. The fourth-order valence-corrected chi connectivity index (χ4v) is 2.53. The number of rotatable bonds is 5. The maximum absolute atomic E-state index is 6.15. The number of halogens is 1. The number of ether oxygens (including phenoxy) is 1. The Bertz CT molecular complexity index is 572. The van der Waals surface area contributed by atoms with E-state index in [1.54, 1.807) is 0 Å². The lowest BCUT2D eigenvalue weighted by Gasteiger charge is -2.14. The molecule has 2 aromatic rings. The van der Waals surface area contributed by atoms with Gasteiger partial charge >= 0.3 is 0 Å². The van der Waals surface area contributed by atoms with Crippen molar-refractivity contribution in [1.29, 1.82) is 0 Å². The highest BCUT2D eigenvalue weighted by Gasteiger charge is 2.08. The molecule has 20 heavy (non-hydrogen) atoms. The van der Waals surface area contributed by atoms with Crippen molar-refractivity contribution in [1.82, 2.24) is 5.32 Å². The molecule has 0 heterocycles. The van der Waals surface area contributed by atoms with Crippen LogP contribution in [0.2, 0.25) is 5.02 Å². The van der Waals surface area contributed by atoms with Gasteiger partial charge in [-0.25, -0.2) is 0 Å². The second-order valence-electron chi connectivity index (χ2n) is 4.97. The first-order valence-corrected chi connectivity index (χ1v) is 7.10. The summed E-state index contributed by atoms with van der Waals surface area (Å²) in [6.45, 7) is 5.52. The highest BCUT2D eigenvalue weighted by molar-refractivity contribution is 6.31. The third-order valence-electron chi connectivity index (χ3n) is 3.23. The zero-order valence-electron chi connectivity index (χ0n) is 12.2. The van der Waals surface area contributed by atoms with Gasteiger partial charge in [-0.05, 0) is 43.7 Å². The molecule has 2 nitrogen and oxygen atoms in total. The first kappa shape index (κ1) is 14.9. The Kier molecular flexibility index (Phi) is 5.05. The fourth-order valence-electron chi connectivity index (χ4n) is 2.34. The molecule has 0 unspecified atom stereocenters. The van der Waals surface area contributed by atoms with E-state index in [1.165, 1.54) is 5.56 Å². The summed E-state index contributed by atoms with van der Waals surface area (Å²) >= 11 is 6.15. The van der Waals surface area contributed by atoms with Crippen LogP contribution in [-0.2, 0) is 13.2 Å². The van der Waals surface area contributed by atoms with Crippen LogP contribution >= 0.6 is 11.6 Å². The van der Waals surface area contributed by atoms with E-state index in [-0.39, 0.29) is 0 Å². The predicted molar refractivity (Wildman–Crippen MR) is 84.5 cm³/mol. The van der Waals surface area contributed by atoms with E-state index in [0.717, 1.165) is 34.0 Å². The van der Waals surface area contributed by atoms with Gasteiger partial charge in [-0.15, -0.1) is 0 Å². The third kappa shape index (κ3) is 3.53. The average molecular weight is 290 g/mol. The van der Waals surface area contributed by atoms with E-state index >= 15 is 0 Å². The van der Waals surface area contributed by atoms with Crippen molar-refractivity contribution in [3.8, 4) is 5.75 Å². The number of benzene rings is 2. The molecule has 0 fully saturated rings. The summed E-state index contributed by atoms with van der Waals surface area (Å²) in [5.41, 5.74) is 4.59. The lowest BCUT2D eigenvalue weighted by atomic mass is 10.1. The topological polar surface area (TPSA) is 21.3 Å². The van der Waals surface area contributed by atoms with Gasteiger partial charge in [-0.3, -0.25) is 0 Å². The third-order valence-corrected chi connectivity index (χ3v) is 3.60. The maximum Gasteiger partial charge on any atom is 0.125 e. The molecule has 0 saturated carbocycles. The summed E-state index contributed by atoms with van der Waals surface area (Å²) in [4.78, 5) is 0. The number of aryl methyl sites for hydroxylation is 2. The van der Waals surface area contributed by atoms with Crippen molar-refractivity contribution in [3.63, 3.8) is 0 Å². The minimum absolute atomic E-state index is 0.493. The van der Waals surface area contributed by atoms with Crippen molar-refractivity contribution in [2.75, 3.05) is 7.05 Å². The summed E-state index contributed by atoms with van der Waals surface area (Å²) in [6.07, 6.45) is 0. The molecule has 0 saturated heterocycles. The first-order valence-electron chi connectivity index (χ1n) is 6.72. The normalized spacial score (nSPS) is 10.6. The van der Waals surface area contributed by atoms with Gasteiger partial charge < -0.3 is 10.1 Å². The summed E-state index contributed by atoms with van der Waals surface area (Å²) in [5.74, 6) is 0.949. The van der Waals surface area contributed by atoms with Gasteiger partial charge in [-0.2, -0.15) is 0 Å². The monoisotopic (exact) mass is 289 g/mol. The van der Waals surface area contributed by atoms with Crippen LogP contribution in [-0.4, -0.2) is 7.05 Å². The van der Waals surface area contributed by atoms with Crippen molar-refractivity contribution < 1.29 is 4.74 Å². The number of hydrogen-bond acceptors (Lipinski definition) is 2. The standard InChI is InChI=1S/C17H20ClNO/c1-12-8-14(10-19-3)9-13(2)17(12)20-11-15-6-4-5-7-16(15)18/h4-9,19H,10-11H2,1-3H3. The minimum atomic E-state index is 0.493. The summed E-state index contributed by atoms with van der Waals surface area (Å²) in [6, 6.07) is 12.1. The molecule has 2 aromatic carbocycles. The largest absolute Gasteiger partial charge is 0.488 e. The van der Waals surface area contributed by atoms with Crippen LogP contribution in [0.25, 0.3) is 0 Å². The summed E-state index contributed by atoms with van der Waals surface area (Å²) in [7, 11) is 1.95. The van der Waals surface area contributed by atoms with Crippen LogP contribution in [0.3, 0.4) is 0 Å². The molecule has 3 heteroatoms. The van der Waals surface area contributed by atoms with Crippen LogP contribution < -0.4 is 10.1 Å². The number of nitrogens with one attached hydrogen (secondary N) is 1. The molecular weight excluding hydrogens is 270 g/mol. The lowest BCUT2D eigenvalue weighted by Crippen LogP contribution is -2.06. The highest BCUT2D eigenvalue weighted by atomic mass is 35.5. The molecule has 0 atom stereocenters. The van der Waals surface area contributed by atoms with E-state index < -0.39 is 0 Å². The van der Waals surface area contributed by atoms with Crippen LogP contribution in [0.5, 0.6) is 5.75 Å². The van der Waals surface area contributed by atoms with Gasteiger partial charge in [0.15, 0.2) is 0 Å². The molecule has 0 spiro atoms. The van der Waals surface area contributed by atoms with Crippen LogP contribution in [0.1, 0.15) is 22.3 Å². The van der Waals surface area contributed by atoms with Crippen LogP contribution in [0.4, 0.5) is 0 Å². The fraction of sp³-hybridized carbons (Fsp3) is 0.294. The molecule has 0 bridgehead atoms. The Morgan fingerprint density at radius 2 is 1.75 bits per heavy atom. The molecule has 0 aliphatic carbocycles. The summed E-state index contributed by atoms with van der Waals surface area (Å²) < 4.78 is 5.96. The second kappa shape index (κ2) is 6.78. The molecule has 2 rings (SSSR count). The van der Waals surface area contributed by atoms with Gasteiger partial charge in [0.2, 0.25) is 0 Å². The van der Waals surface area contributed by atoms with E-state index in [9.17, 15) is 0 Å². The quantitative estimate of drug-likeness (QED) is 0.888. The lowest BCUT2D eigenvalue weighted by molar-refractivity contribution is 0.302. The Morgan fingerprint density at radius 3 is 2.35 bits per heavy atom. The van der Waals surface area contributed by atoms with Crippen molar-refractivity contribution in [2.45, 2.75) is 27.0 Å². The van der Waals surface area contributed by atoms with Gasteiger partial charge in [0.25, 0.3) is 0 Å². The number of hydrogen-bond donors (Lipinski definition) is 1. The first-order chi connectivity index (χ1) is 9.61. The van der Waals surface area contributed by atoms with Crippen LogP contribution in [0, 0.1) is 13.8 Å². The Hall–Kier alpha value is -1.51. The average Bonchev–Trinajstić information content (AvgIpc) is 2.40. The Balaban J connectivity index is 2.16. The molecule has 0 amide bonds. The minimum Gasteiger partial charge on any atom is -0.488 e. The molecule has 0 radical (unpaired) electrons. The molecule has 106 valence electrons. The molecular formula is C17H20ClNO. The van der Waals surface area contributed by atoms with E-state index in [2.05, 4.69) is 31.3 Å². The van der Waals surface area contributed by atoms with Gasteiger partial charge in [0, 0.05) is 17.1 Å². The molecule has 0 aliphatic heterocycles. The smallest absolute Gasteiger partial charge is 0.125 e. The van der Waals surface area contributed by atoms with Gasteiger partial charge in [-0.1, -0.05) is 41.9 Å². The van der Waals surface area contributed by atoms with Crippen molar-refractivity contribution in [3.05, 3.63) is 63.7 Å². The zero-order valence-corrected chi connectivity index (χ0v) is 12.9. The summed E-state index contributed by atoms with van der Waals surface area (Å²) in [5, 5.41) is 3.91. The Labute approximate surface area is 125 Å². The van der Waals surface area contributed by atoms with Crippen molar-refractivity contribution >= 4 is 11.6 Å². The van der Waals surface area contributed by atoms with E-state index in [1.807, 2.05) is 31.3 Å². The van der Waals surface area contributed by atoms with Crippen LogP contribution in [0.15, 0.2) is 36.4 Å². The van der Waals surface area contributed by atoms with Gasteiger partial charge in [0.1, 0.15) is 12.4 Å². The maximum atomic E-state index is 6.15. The van der Waals surface area contributed by atoms with Crippen molar-refractivity contribution in [2.24, 2.45) is 0 Å². The molecule has 0 aliphatic rings. The predicted octanol–water partition coefficient (Wildman–Crippen LogP) is 4.26. The second-order valence-corrected chi connectivity index (χ2v) is 5.38. The molecule has 1 N–H and O–H groups in total. The van der Waals surface area contributed by atoms with E-state index in [4.69, 9.17) is 16.3 Å².